The van der Waals surface area contributed by atoms with Crippen molar-refractivity contribution in [2.45, 2.75) is 32.4 Å². The maximum atomic E-state index is 6.28. The predicted octanol–water partition coefficient (Wildman–Crippen LogP) is 2.48. The van der Waals surface area contributed by atoms with Crippen molar-refractivity contribution in [3.8, 4) is 0 Å². The number of rotatable bonds is 3. The van der Waals surface area contributed by atoms with Gasteiger partial charge >= 0.3 is 0 Å². The lowest BCUT2D eigenvalue weighted by Gasteiger charge is -2.36. The molecular weight excluding hydrogens is 226 g/mol. The molecule has 4 heteroatoms. The Morgan fingerprint density at radius 1 is 1.33 bits per heavy atom. The van der Waals surface area contributed by atoms with Gasteiger partial charge < -0.3 is 15.1 Å². The summed E-state index contributed by atoms with van der Waals surface area (Å²) < 4.78 is 5.49. The summed E-state index contributed by atoms with van der Waals surface area (Å²) in [6, 6.07) is 6.23. The van der Waals surface area contributed by atoms with Crippen molar-refractivity contribution in [1.29, 1.82) is 0 Å². The van der Waals surface area contributed by atoms with E-state index < -0.39 is 0 Å². The summed E-state index contributed by atoms with van der Waals surface area (Å²) >= 11 is 0. The SMILES string of the molecule is Cc1nc2cc(C(N(C)C)C(C)(C)N)ccc2o1. The van der Waals surface area contributed by atoms with Crippen LogP contribution in [0.15, 0.2) is 22.6 Å². The minimum absolute atomic E-state index is 0.138. The summed E-state index contributed by atoms with van der Waals surface area (Å²) in [6.45, 7) is 5.93. The standard InChI is InChI=1S/C14H21N3O/c1-9-16-11-8-10(6-7-12(11)18-9)13(17(4)5)14(2,3)15/h6-8,13H,15H2,1-5H3. The minimum atomic E-state index is -0.323. The number of benzene rings is 1. The van der Waals surface area contributed by atoms with Gasteiger partial charge in [-0.1, -0.05) is 6.07 Å². The lowest BCUT2D eigenvalue weighted by atomic mass is 9.88. The van der Waals surface area contributed by atoms with E-state index in [4.69, 9.17) is 10.2 Å². The van der Waals surface area contributed by atoms with E-state index in [0.717, 1.165) is 16.7 Å². The van der Waals surface area contributed by atoms with Gasteiger partial charge in [0.05, 0.1) is 6.04 Å². The molecular formula is C14H21N3O. The van der Waals surface area contributed by atoms with Crippen LogP contribution < -0.4 is 5.73 Å². The highest BCUT2D eigenvalue weighted by Crippen LogP contribution is 2.30. The monoisotopic (exact) mass is 247 g/mol. The van der Waals surface area contributed by atoms with E-state index in [1.807, 2.05) is 40.9 Å². The van der Waals surface area contributed by atoms with Crippen molar-refractivity contribution in [2.75, 3.05) is 14.1 Å². The predicted molar refractivity (Wildman–Crippen MR) is 73.4 cm³/mol. The van der Waals surface area contributed by atoms with Crippen LogP contribution >= 0.6 is 0 Å². The second kappa shape index (κ2) is 4.37. The lowest BCUT2D eigenvalue weighted by molar-refractivity contribution is 0.205. The molecule has 1 aromatic carbocycles. The van der Waals surface area contributed by atoms with E-state index in [-0.39, 0.29) is 11.6 Å². The number of fused-ring (bicyclic) bond motifs is 1. The van der Waals surface area contributed by atoms with Gasteiger partial charge in [-0.3, -0.25) is 0 Å². The third-order valence-corrected chi connectivity index (χ3v) is 3.06. The van der Waals surface area contributed by atoms with Crippen LogP contribution in [-0.2, 0) is 0 Å². The number of aromatic nitrogens is 1. The molecule has 0 radical (unpaired) electrons. The Balaban J connectivity index is 2.51. The second-order valence-corrected chi connectivity index (χ2v) is 5.65. The molecule has 0 spiro atoms. The fourth-order valence-corrected chi connectivity index (χ4v) is 2.62. The van der Waals surface area contributed by atoms with Crippen LogP contribution in [0.1, 0.15) is 31.3 Å². The highest BCUT2D eigenvalue weighted by atomic mass is 16.3. The fourth-order valence-electron chi connectivity index (χ4n) is 2.62. The molecule has 0 bridgehead atoms. The van der Waals surface area contributed by atoms with Gasteiger partial charge in [0.2, 0.25) is 0 Å². The van der Waals surface area contributed by atoms with Gasteiger partial charge in [0.1, 0.15) is 5.52 Å². The third-order valence-electron chi connectivity index (χ3n) is 3.06. The molecule has 0 aliphatic carbocycles. The van der Waals surface area contributed by atoms with Crippen LogP contribution in [0.5, 0.6) is 0 Å². The lowest BCUT2D eigenvalue weighted by Crippen LogP contribution is -2.45. The molecule has 18 heavy (non-hydrogen) atoms. The van der Waals surface area contributed by atoms with E-state index >= 15 is 0 Å². The smallest absolute Gasteiger partial charge is 0.192 e. The zero-order valence-electron chi connectivity index (χ0n) is 11.7. The van der Waals surface area contributed by atoms with Gasteiger partial charge in [-0.15, -0.1) is 0 Å². The Bertz CT molecular complexity index is 552. The molecule has 2 rings (SSSR count). The topological polar surface area (TPSA) is 55.3 Å². The van der Waals surface area contributed by atoms with Crippen molar-refractivity contribution >= 4 is 11.1 Å². The largest absolute Gasteiger partial charge is 0.441 e. The van der Waals surface area contributed by atoms with Crippen molar-refractivity contribution in [3.05, 3.63) is 29.7 Å². The van der Waals surface area contributed by atoms with E-state index in [1.54, 1.807) is 0 Å². The first-order chi connectivity index (χ1) is 8.29. The summed E-state index contributed by atoms with van der Waals surface area (Å²) in [5, 5.41) is 0. The number of nitrogens with zero attached hydrogens (tertiary/aromatic N) is 2. The molecule has 0 aliphatic rings. The molecule has 0 saturated heterocycles. The van der Waals surface area contributed by atoms with E-state index in [0.29, 0.717) is 5.89 Å². The maximum Gasteiger partial charge on any atom is 0.192 e. The molecule has 98 valence electrons. The summed E-state index contributed by atoms with van der Waals surface area (Å²) in [5.74, 6) is 0.690. The van der Waals surface area contributed by atoms with Gasteiger partial charge in [0.25, 0.3) is 0 Å². The molecule has 0 saturated carbocycles. The molecule has 2 aromatic rings. The van der Waals surface area contributed by atoms with E-state index in [1.165, 1.54) is 0 Å². The number of nitrogens with two attached hydrogens (primary N) is 1. The van der Waals surface area contributed by atoms with Gasteiger partial charge in [0, 0.05) is 12.5 Å². The summed E-state index contributed by atoms with van der Waals surface area (Å²) in [5.41, 5.74) is 8.83. The van der Waals surface area contributed by atoms with E-state index in [9.17, 15) is 0 Å². The maximum absolute atomic E-state index is 6.28. The zero-order valence-corrected chi connectivity index (χ0v) is 11.7. The molecule has 2 N–H and O–H groups in total. The number of hydrogen-bond donors (Lipinski definition) is 1. The van der Waals surface area contributed by atoms with Crippen LogP contribution in [0.25, 0.3) is 11.1 Å². The summed E-state index contributed by atoms with van der Waals surface area (Å²) in [6.07, 6.45) is 0. The zero-order chi connectivity index (χ0) is 13.5. The van der Waals surface area contributed by atoms with Crippen molar-refractivity contribution < 1.29 is 4.42 Å². The molecule has 1 unspecified atom stereocenters. The number of oxazole rings is 1. The van der Waals surface area contributed by atoms with Crippen molar-refractivity contribution in [2.24, 2.45) is 5.73 Å². The Kier molecular flexibility index (Phi) is 3.17. The van der Waals surface area contributed by atoms with Crippen LogP contribution in [0.2, 0.25) is 0 Å². The minimum Gasteiger partial charge on any atom is -0.441 e. The van der Waals surface area contributed by atoms with Crippen LogP contribution in [-0.4, -0.2) is 29.5 Å². The van der Waals surface area contributed by atoms with Crippen LogP contribution in [0.4, 0.5) is 0 Å². The average molecular weight is 247 g/mol. The first-order valence-electron chi connectivity index (χ1n) is 6.11. The summed E-state index contributed by atoms with van der Waals surface area (Å²) in [7, 11) is 4.08. The Morgan fingerprint density at radius 3 is 2.56 bits per heavy atom. The first kappa shape index (κ1) is 13.1. The van der Waals surface area contributed by atoms with Crippen LogP contribution in [0.3, 0.4) is 0 Å². The quantitative estimate of drug-likeness (QED) is 0.905. The molecule has 0 fully saturated rings. The number of hydrogen-bond acceptors (Lipinski definition) is 4. The fraction of sp³-hybridized carbons (Fsp3) is 0.500. The normalized spacial score (nSPS) is 14.4. The van der Waals surface area contributed by atoms with Gasteiger partial charge in [-0.05, 0) is 45.6 Å². The van der Waals surface area contributed by atoms with Crippen molar-refractivity contribution in [1.82, 2.24) is 9.88 Å². The summed E-state index contributed by atoms with van der Waals surface area (Å²) in [4.78, 5) is 6.50. The number of likely N-dealkylation sites (N-methyl/N-ethyl adjacent to an activating group) is 1. The highest BCUT2D eigenvalue weighted by Gasteiger charge is 2.29. The highest BCUT2D eigenvalue weighted by molar-refractivity contribution is 5.73. The Labute approximate surface area is 108 Å². The van der Waals surface area contributed by atoms with Gasteiger partial charge in [-0.2, -0.15) is 0 Å². The molecule has 1 atom stereocenters. The van der Waals surface area contributed by atoms with E-state index in [2.05, 4.69) is 22.0 Å². The molecule has 0 aliphatic heterocycles. The third kappa shape index (κ3) is 2.40. The van der Waals surface area contributed by atoms with Gasteiger partial charge in [-0.25, -0.2) is 4.98 Å². The van der Waals surface area contributed by atoms with Crippen molar-refractivity contribution in [3.63, 3.8) is 0 Å². The Hall–Kier alpha value is -1.39. The first-order valence-corrected chi connectivity index (χ1v) is 6.11. The van der Waals surface area contributed by atoms with Gasteiger partial charge in [0.15, 0.2) is 11.5 Å². The Morgan fingerprint density at radius 2 is 2.00 bits per heavy atom. The molecule has 0 amide bonds. The van der Waals surface area contributed by atoms with Crippen LogP contribution in [0, 0.1) is 6.92 Å². The molecule has 1 heterocycles. The second-order valence-electron chi connectivity index (χ2n) is 5.65. The average Bonchev–Trinajstić information content (AvgIpc) is 2.54. The molecule has 4 nitrogen and oxygen atoms in total. The number of aryl methyl sites for hydroxylation is 1. The molecule has 1 aromatic heterocycles.